The number of hydrogen-bond acceptors (Lipinski definition) is 5. The van der Waals surface area contributed by atoms with E-state index >= 15 is 0 Å². The number of fused-ring (bicyclic) bond motifs is 2. The summed E-state index contributed by atoms with van der Waals surface area (Å²) in [5, 5.41) is 18.2. The van der Waals surface area contributed by atoms with E-state index in [1.165, 1.54) is 17.3 Å². The highest BCUT2D eigenvalue weighted by Gasteiger charge is 2.31. The van der Waals surface area contributed by atoms with Crippen LogP contribution >= 0.6 is 11.8 Å². The molecule has 0 radical (unpaired) electrons. The Bertz CT molecular complexity index is 1490. The maximum atomic E-state index is 13.3. The molecule has 5 aromatic rings. The number of benzene rings is 3. The molecule has 0 aliphatic carbocycles. The predicted molar refractivity (Wildman–Crippen MR) is 134 cm³/mol. The van der Waals surface area contributed by atoms with Crippen LogP contribution in [0.5, 0.6) is 0 Å². The van der Waals surface area contributed by atoms with E-state index in [1.54, 1.807) is 0 Å². The number of nitrogens with one attached hydrogen (secondary N) is 1. The molecule has 0 bridgehead atoms. The molecule has 1 aliphatic heterocycles. The molecule has 7 nitrogen and oxygen atoms in total. The van der Waals surface area contributed by atoms with Gasteiger partial charge in [-0.25, -0.2) is 0 Å². The Balaban J connectivity index is 1.35. The quantitative estimate of drug-likeness (QED) is 0.374. The molecular weight excluding hydrogens is 444 g/mol. The van der Waals surface area contributed by atoms with Gasteiger partial charge in [-0.15, -0.1) is 10.2 Å². The molecule has 168 valence electrons. The molecule has 8 heteroatoms. The molecule has 3 aromatic carbocycles. The van der Waals surface area contributed by atoms with Crippen molar-refractivity contribution in [3.63, 3.8) is 0 Å². The summed E-state index contributed by atoms with van der Waals surface area (Å²) in [6.07, 6.45) is 0.878. The fourth-order valence-electron chi connectivity index (χ4n) is 4.60. The van der Waals surface area contributed by atoms with E-state index in [9.17, 15) is 4.79 Å². The predicted octanol–water partition coefficient (Wildman–Crippen LogP) is 4.88. The van der Waals surface area contributed by atoms with Gasteiger partial charge in [0.15, 0.2) is 11.0 Å². The van der Waals surface area contributed by atoms with Crippen molar-refractivity contribution < 1.29 is 4.79 Å². The molecule has 0 spiro atoms. The molecule has 1 N–H and O–H groups in total. The second-order valence-corrected chi connectivity index (χ2v) is 9.27. The smallest absolute Gasteiger partial charge is 0.237 e. The minimum absolute atomic E-state index is 0.0665. The summed E-state index contributed by atoms with van der Waals surface area (Å²) in [6.45, 7) is 2.09. The number of aromatic nitrogens is 5. The maximum Gasteiger partial charge on any atom is 0.237 e. The number of thioether (sulfide) groups is 1. The third kappa shape index (κ3) is 3.47. The van der Waals surface area contributed by atoms with Crippen LogP contribution in [0.2, 0.25) is 0 Å². The molecule has 1 atom stereocenters. The Hall–Kier alpha value is -3.91. The van der Waals surface area contributed by atoms with Crippen LogP contribution in [0.15, 0.2) is 84.0 Å². The molecule has 6 rings (SSSR count). The largest absolute Gasteiger partial charge is 0.308 e. The van der Waals surface area contributed by atoms with Crippen molar-refractivity contribution >= 4 is 34.3 Å². The van der Waals surface area contributed by atoms with Crippen molar-refractivity contribution in [1.29, 1.82) is 0 Å². The highest BCUT2D eigenvalue weighted by atomic mass is 32.2. The molecule has 1 amide bonds. The number of rotatable bonds is 5. The Labute approximate surface area is 200 Å². The van der Waals surface area contributed by atoms with Crippen LogP contribution in [-0.2, 0) is 11.2 Å². The van der Waals surface area contributed by atoms with Gasteiger partial charge in [-0.2, -0.15) is 5.10 Å². The summed E-state index contributed by atoms with van der Waals surface area (Å²) >= 11 is 1.40. The highest BCUT2D eigenvalue weighted by molar-refractivity contribution is 7.99. The second kappa shape index (κ2) is 8.46. The van der Waals surface area contributed by atoms with E-state index < -0.39 is 0 Å². The third-order valence-electron chi connectivity index (χ3n) is 6.13. The first-order valence-corrected chi connectivity index (χ1v) is 12.2. The van der Waals surface area contributed by atoms with Crippen LogP contribution in [0.4, 0.5) is 5.69 Å². The SMILES string of the molecule is C[C@@H]1Cc2ccccc2N1C(=O)CSc1nnc(-c2n[nH]c3ccccc23)n1-c1ccccc1. The molecule has 34 heavy (non-hydrogen) atoms. The minimum Gasteiger partial charge on any atom is -0.308 e. The van der Waals surface area contributed by atoms with E-state index in [0.29, 0.717) is 11.0 Å². The standard InChI is InChI=1S/C26H22N6OS/c1-17-15-18-9-5-8-14-22(18)31(17)23(33)16-34-26-30-29-25(32(26)19-10-3-2-4-11-19)24-20-12-6-7-13-21(20)27-28-24/h2-14,17H,15-16H2,1H3,(H,27,28)/t17-/m1/s1. The second-order valence-electron chi connectivity index (χ2n) is 8.33. The number of para-hydroxylation sites is 3. The zero-order valence-corrected chi connectivity index (χ0v) is 19.4. The molecule has 0 unspecified atom stereocenters. The first-order chi connectivity index (χ1) is 16.7. The zero-order chi connectivity index (χ0) is 23.1. The van der Waals surface area contributed by atoms with Gasteiger partial charge in [-0.1, -0.05) is 66.4 Å². The van der Waals surface area contributed by atoms with Gasteiger partial charge in [0.2, 0.25) is 5.91 Å². The van der Waals surface area contributed by atoms with E-state index in [2.05, 4.69) is 33.4 Å². The first-order valence-electron chi connectivity index (χ1n) is 11.2. The third-order valence-corrected chi connectivity index (χ3v) is 7.04. The van der Waals surface area contributed by atoms with Crippen molar-refractivity contribution in [1.82, 2.24) is 25.0 Å². The molecule has 0 saturated carbocycles. The van der Waals surface area contributed by atoms with Crippen LogP contribution in [0.3, 0.4) is 0 Å². The van der Waals surface area contributed by atoms with Crippen molar-refractivity contribution in [2.75, 3.05) is 10.7 Å². The van der Waals surface area contributed by atoms with Crippen molar-refractivity contribution in [3.8, 4) is 17.2 Å². The van der Waals surface area contributed by atoms with E-state index in [1.807, 2.05) is 82.3 Å². The lowest BCUT2D eigenvalue weighted by Crippen LogP contribution is -2.37. The summed E-state index contributed by atoms with van der Waals surface area (Å²) < 4.78 is 1.97. The summed E-state index contributed by atoms with van der Waals surface area (Å²) in [5.41, 5.74) is 4.81. The van der Waals surface area contributed by atoms with Gasteiger partial charge < -0.3 is 4.90 Å². The van der Waals surface area contributed by atoms with Gasteiger partial charge in [0.1, 0.15) is 5.69 Å². The van der Waals surface area contributed by atoms with Crippen LogP contribution < -0.4 is 4.90 Å². The minimum atomic E-state index is 0.0665. The fourth-order valence-corrected chi connectivity index (χ4v) is 5.41. The normalized spacial score (nSPS) is 15.1. The number of nitrogens with zero attached hydrogens (tertiary/aromatic N) is 5. The van der Waals surface area contributed by atoms with Gasteiger partial charge >= 0.3 is 0 Å². The van der Waals surface area contributed by atoms with Crippen molar-refractivity contribution in [2.24, 2.45) is 0 Å². The first kappa shape index (κ1) is 20.7. The summed E-state index contributed by atoms with van der Waals surface area (Å²) in [4.78, 5) is 15.2. The lowest BCUT2D eigenvalue weighted by atomic mass is 10.1. The summed E-state index contributed by atoms with van der Waals surface area (Å²) in [6, 6.07) is 26.2. The van der Waals surface area contributed by atoms with Gasteiger partial charge in [-0.3, -0.25) is 14.5 Å². The van der Waals surface area contributed by atoms with Gasteiger partial charge in [0, 0.05) is 22.8 Å². The summed E-state index contributed by atoms with van der Waals surface area (Å²) in [7, 11) is 0. The zero-order valence-electron chi connectivity index (χ0n) is 18.5. The molecule has 0 saturated heterocycles. The molecule has 1 aliphatic rings. The van der Waals surface area contributed by atoms with Crippen LogP contribution in [0.1, 0.15) is 12.5 Å². The summed E-state index contributed by atoms with van der Waals surface area (Å²) in [5.74, 6) is 0.973. The fraction of sp³-hybridized carbons (Fsp3) is 0.154. The van der Waals surface area contributed by atoms with Crippen molar-refractivity contribution in [2.45, 2.75) is 24.5 Å². The average molecular weight is 467 g/mol. The topological polar surface area (TPSA) is 79.7 Å². The Kier molecular flexibility index (Phi) is 5.15. The number of aromatic amines is 1. The maximum absolute atomic E-state index is 13.3. The lowest BCUT2D eigenvalue weighted by molar-refractivity contribution is -0.116. The monoisotopic (exact) mass is 466 g/mol. The number of anilines is 1. The Morgan fingerprint density at radius 1 is 1.00 bits per heavy atom. The van der Waals surface area contributed by atoms with E-state index in [4.69, 9.17) is 0 Å². The number of amides is 1. The van der Waals surface area contributed by atoms with Crippen LogP contribution in [-0.4, -0.2) is 42.7 Å². The van der Waals surface area contributed by atoms with Crippen LogP contribution in [0.25, 0.3) is 28.1 Å². The van der Waals surface area contributed by atoms with E-state index in [0.717, 1.165) is 34.4 Å². The van der Waals surface area contributed by atoms with Gasteiger partial charge in [0.25, 0.3) is 0 Å². The van der Waals surface area contributed by atoms with Gasteiger partial charge in [-0.05, 0) is 43.2 Å². The van der Waals surface area contributed by atoms with E-state index in [-0.39, 0.29) is 17.7 Å². The van der Waals surface area contributed by atoms with Gasteiger partial charge in [0.05, 0.1) is 11.3 Å². The Morgan fingerprint density at radius 2 is 1.76 bits per heavy atom. The molecule has 2 aromatic heterocycles. The Morgan fingerprint density at radius 3 is 2.65 bits per heavy atom. The molecular formula is C26H22N6OS. The molecule has 3 heterocycles. The molecule has 0 fully saturated rings. The number of carbonyl (C=O) groups excluding carboxylic acids is 1. The number of carbonyl (C=O) groups is 1. The van der Waals surface area contributed by atoms with Crippen LogP contribution in [0, 0.1) is 0 Å². The van der Waals surface area contributed by atoms with Crippen molar-refractivity contribution in [3.05, 3.63) is 84.4 Å². The number of hydrogen-bond donors (Lipinski definition) is 1. The lowest BCUT2D eigenvalue weighted by Gasteiger charge is -2.22. The average Bonchev–Trinajstić information content (AvgIpc) is 3.57. The highest BCUT2D eigenvalue weighted by Crippen LogP contribution is 2.34. The number of H-pyrrole nitrogens is 1.